The van der Waals surface area contributed by atoms with E-state index in [0.29, 0.717) is 39.4 Å². The van der Waals surface area contributed by atoms with Gasteiger partial charge in [0.1, 0.15) is 33.3 Å². The summed E-state index contributed by atoms with van der Waals surface area (Å²) in [6.07, 6.45) is 3.03. The van der Waals surface area contributed by atoms with Gasteiger partial charge in [-0.3, -0.25) is 4.79 Å². The smallest absolute Gasteiger partial charge is 0.338 e. The molecule has 0 bridgehead atoms. The van der Waals surface area contributed by atoms with E-state index in [2.05, 4.69) is 16.4 Å². The quantitative estimate of drug-likeness (QED) is 0.163. The average Bonchev–Trinajstić information content (AvgIpc) is 3.75. The summed E-state index contributed by atoms with van der Waals surface area (Å²) in [7, 11) is 0. The summed E-state index contributed by atoms with van der Waals surface area (Å²) in [5, 5.41) is 15.6. The van der Waals surface area contributed by atoms with E-state index in [-0.39, 0.29) is 17.3 Å². The van der Waals surface area contributed by atoms with Gasteiger partial charge in [-0.1, -0.05) is 29.5 Å². The zero-order chi connectivity index (χ0) is 26.5. The first-order valence-corrected chi connectivity index (χ1v) is 13.1. The van der Waals surface area contributed by atoms with Crippen molar-refractivity contribution < 1.29 is 23.2 Å². The van der Waals surface area contributed by atoms with Crippen LogP contribution >= 0.6 is 22.7 Å². The molecular formula is C28H19N3O5S2. The molecule has 4 aromatic heterocycles. The number of nitrogens with one attached hydrogen (secondary N) is 1. The van der Waals surface area contributed by atoms with Crippen LogP contribution in [0.25, 0.3) is 33.5 Å². The second-order valence-corrected chi connectivity index (χ2v) is 9.72. The van der Waals surface area contributed by atoms with E-state index in [9.17, 15) is 14.9 Å². The maximum Gasteiger partial charge on any atom is 0.338 e. The zero-order valence-electron chi connectivity index (χ0n) is 20.0. The molecule has 188 valence electrons. The van der Waals surface area contributed by atoms with E-state index < -0.39 is 5.91 Å². The molecule has 0 aliphatic heterocycles. The SMILES string of the molecule is CCOC(=O)c1ccc(-c2ccc(C=C(C#N)c3nc(-c4cccs4)c(NC(=O)c4ccco4)s3)o2)cc1. The van der Waals surface area contributed by atoms with E-state index in [0.717, 1.165) is 10.4 Å². The molecule has 1 N–H and O–H groups in total. The predicted molar refractivity (Wildman–Crippen MR) is 146 cm³/mol. The number of rotatable bonds is 8. The van der Waals surface area contributed by atoms with Crippen LogP contribution in [0.1, 0.15) is 38.6 Å². The van der Waals surface area contributed by atoms with Gasteiger partial charge in [0, 0.05) is 11.6 Å². The monoisotopic (exact) mass is 541 g/mol. The van der Waals surface area contributed by atoms with Gasteiger partial charge >= 0.3 is 5.97 Å². The molecule has 38 heavy (non-hydrogen) atoms. The minimum absolute atomic E-state index is 0.173. The van der Waals surface area contributed by atoms with E-state index in [1.807, 2.05) is 17.5 Å². The number of carbonyl (C=O) groups excluding carboxylic acids is 2. The number of carbonyl (C=O) groups is 2. The number of amides is 1. The number of aromatic nitrogens is 1. The fourth-order valence-corrected chi connectivity index (χ4v) is 5.25. The number of benzene rings is 1. The average molecular weight is 542 g/mol. The lowest BCUT2D eigenvalue weighted by Crippen LogP contribution is -2.10. The molecule has 0 fully saturated rings. The first kappa shape index (κ1) is 25.0. The molecule has 0 saturated carbocycles. The maximum absolute atomic E-state index is 12.6. The highest BCUT2D eigenvalue weighted by atomic mass is 32.1. The minimum Gasteiger partial charge on any atom is -0.462 e. The van der Waals surface area contributed by atoms with Crippen molar-refractivity contribution in [3.05, 3.63) is 94.4 Å². The number of thiophene rings is 1. The lowest BCUT2D eigenvalue weighted by molar-refractivity contribution is 0.0526. The van der Waals surface area contributed by atoms with Crippen LogP contribution in [-0.2, 0) is 4.74 Å². The first-order chi connectivity index (χ1) is 18.6. The number of nitrogens with zero attached hydrogens (tertiary/aromatic N) is 2. The molecule has 5 rings (SSSR count). The summed E-state index contributed by atoms with van der Waals surface area (Å²) >= 11 is 2.67. The van der Waals surface area contributed by atoms with Crippen LogP contribution in [0.5, 0.6) is 0 Å². The molecule has 0 unspecified atom stereocenters. The van der Waals surface area contributed by atoms with Crippen molar-refractivity contribution in [3.8, 4) is 28.0 Å². The van der Waals surface area contributed by atoms with Crippen LogP contribution in [0.15, 0.2) is 81.1 Å². The molecule has 0 aliphatic rings. The summed E-state index contributed by atoms with van der Waals surface area (Å²) in [4.78, 5) is 30.0. The van der Waals surface area contributed by atoms with E-state index in [1.54, 1.807) is 61.5 Å². The van der Waals surface area contributed by atoms with E-state index >= 15 is 0 Å². The Balaban J connectivity index is 1.42. The second-order valence-electron chi connectivity index (χ2n) is 7.78. The van der Waals surface area contributed by atoms with Crippen LogP contribution in [0.2, 0.25) is 0 Å². The van der Waals surface area contributed by atoms with Gasteiger partial charge in [0.2, 0.25) is 0 Å². The number of hydrogen-bond acceptors (Lipinski definition) is 9. The lowest BCUT2D eigenvalue weighted by atomic mass is 10.1. The Labute approximate surface area is 225 Å². The van der Waals surface area contributed by atoms with Crippen molar-refractivity contribution in [2.45, 2.75) is 6.92 Å². The van der Waals surface area contributed by atoms with Gasteiger partial charge in [-0.25, -0.2) is 9.78 Å². The van der Waals surface area contributed by atoms with Gasteiger partial charge in [-0.05, 0) is 54.8 Å². The first-order valence-electron chi connectivity index (χ1n) is 11.4. The number of nitriles is 1. The van der Waals surface area contributed by atoms with Gasteiger partial charge in [-0.15, -0.1) is 11.3 Å². The van der Waals surface area contributed by atoms with Gasteiger partial charge in [0.15, 0.2) is 5.76 Å². The summed E-state index contributed by atoms with van der Waals surface area (Å²) in [5.41, 5.74) is 2.08. The topological polar surface area (TPSA) is 118 Å². The molecule has 0 radical (unpaired) electrons. The Hall–Kier alpha value is -4.72. The van der Waals surface area contributed by atoms with Crippen molar-refractivity contribution >= 4 is 51.2 Å². The Morgan fingerprint density at radius 1 is 1.13 bits per heavy atom. The highest BCUT2D eigenvalue weighted by Crippen LogP contribution is 2.39. The summed E-state index contributed by atoms with van der Waals surface area (Å²) < 4.78 is 16.2. The Morgan fingerprint density at radius 3 is 2.66 bits per heavy atom. The van der Waals surface area contributed by atoms with Gasteiger partial charge in [0.25, 0.3) is 5.91 Å². The lowest BCUT2D eigenvalue weighted by Gasteiger charge is -2.02. The molecule has 0 atom stereocenters. The third-order valence-corrected chi connectivity index (χ3v) is 7.18. The van der Waals surface area contributed by atoms with Crippen LogP contribution in [0.4, 0.5) is 5.00 Å². The zero-order valence-corrected chi connectivity index (χ0v) is 21.6. The molecule has 4 heterocycles. The fraction of sp³-hybridized carbons (Fsp3) is 0.0714. The largest absolute Gasteiger partial charge is 0.462 e. The summed E-state index contributed by atoms with van der Waals surface area (Å²) in [6.45, 7) is 2.06. The standard InChI is InChI=1S/C28H19N3O5S2/c1-2-34-28(33)18-9-7-17(8-10-18)21-12-11-20(36-21)15-19(16-29)26-30-24(23-6-4-14-37-23)27(38-26)31-25(32)22-5-3-13-35-22/h3-15H,2H2,1H3,(H,31,32). The minimum atomic E-state index is -0.407. The summed E-state index contributed by atoms with van der Waals surface area (Å²) in [6, 6.07) is 19.6. The molecule has 5 aromatic rings. The van der Waals surface area contributed by atoms with Crippen LogP contribution in [0, 0.1) is 11.3 Å². The number of thiazole rings is 1. The fourth-order valence-electron chi connectivity index (χ4n) is 3.53. The third-order valence-electron chi connectivity index (χ3n) is 5.30. The molecule has 0 saturated heterocycles. The molecule has 0 aliphatic carbocycles. The molecule has 0 spiro atoms. The number of esters is 1. The van der Waals surface area contributed by atoms with Crippen LogP contribution in [-0.4, -0.2) is 23.5 Å². The number of furan rings is 2. The van der Waals surface area contributed by atoms with Crippen molar-refractivity contribution in [2.75, 3.05) is 11.9 Å². The second kappa shape index (κ2) is 11.1. The Bertz CT molecular complexity index is 1640. The van der Waals surface area contributed by atoms with E-state index in [4.69, 9.17) is 13.6 Å². The van der Waals surface area contributed by atoms with Crippen LogP contribution < -0.4 is 5.32 Å². The predicted octanol–water partition coefficient (Wildman–Crippen LogP) is 7.22. The highest BCUT2D eigenvalue weighted by molar-refractivity contribution is 7.19. The highest BCUT2D eigenvalue weighted by Gasteiger charge is 2.20. The number of hydrogen-bond donors (Lipinski definition) is 1. The molecule has 8 nitrogen and oxygen atoms in total. The van der Waals surface area contributed by atoms with Gasteiger partial charge in [0.05, 0.1) is 28.9 Å². The number of anilines is 1. The van der Waals surface area contributed by atoms with Crippen molar-refractivity contribution in [3.63, 3.8) is 0 Å². The van der Waals surface area contributed by atoms with Crippen molar-refractivity contribution in [2.24, 2.45) is 0 Å². The Morgan fingerprint density at radius 2 is 1.97 bits per heavy atom. The van der Waals surface area contributed by atoms with Gasteiger partial charge in [-0.2, -0.15) is 5.26 Å². The Kier molecular flexibility index (Phi) is 7.31. The summed E-state index contributed by atoms with van der Waals surface area (Å²) in [5.74, 6) is 0.418. The van der Waals surface area contributed by atoms with E-state index in [1.165, 1.54) is 28.9 Å². The number of allylic oxidation sites excluding steroid dienone is 1. The normalized spacial score (nSPS) is 11.2. The van der Waals surface area contributed by atoms with Crippen molar-refractivity contribution in [1.29, 1.82) is 5.26 Å². The molecular weight excluding hydrogens is 522 g/mol. The molecule has 10 heteroatoms. The van der Waals surface area contributed by atoms with Gasteiger partial charge < -0.3 is 18.9 Å². The van der Waals surface area contributed by atoms with Crippen LogP contribution in [0.3, 0.4) is 0 Å². The van der Waals surface area contributed by atoms with Crippen molar-refractivity contribution in [1.82, 2.24) is 4.98 Å². The molecule has 1 amide bonds. The maximum atomic E-state index is 12.6. The molecule has 1 aromatic carbocycles. The third kappa shape index (κ3) is 5.34. The number of ether oxygens (including phenoxy) is 1.